The molecule has 1 atom stereocenters. The van der Waals surface area contributed by atoms with Gasteiger partial charge in [0.15, 0.2) is 0 Å². The molecule has 0 amide bonds. The Balaban J connectivity index is 0.00000210. The van der Waals surface area contributed by atoms with Gasteiger partial charge in [0.2, 0.25) is 0 Å². The number of halogens is 1. The number of hydrogen-bond donors (Lipinski definition) is 2. The summed E-state index contributed by atoms with van der Waals surface area (Å²) in [4.78, 5) is 2.51. The summed E-state index contributed by atoms with van der Waals surface area (Å²) in [5.74, 6) is 1.01. The Kier molecular flexibility index (Phi) is 6.15. The zero-order chi connectivity index (χ0) is 18.1. The number of fused-ring (bicyclic) bond motifs is 1. The minimum atomic E-state index is -0.559. The zero-order valence-corrected chi connectivity index (χ0v) is 16.8. The van der Waals surface area contributed by atoms with Crippen molar-refractivity contribution in [3.63, 3.8) is 0 Å². The molecule has 4 heteroatoms. The van der Waals surface area contributed by atoms with Gasteiger partial charge in [-0.2, -0.15) is 0 Å². The Morgan fingerprint density at radius 3 is 2.37 bits per heavy atom. The topological polar surface area (TPSA) is 43.7 Å². The molecule has 1 fully saturated rings. The maximum Gasteiger partial charge on any atom is 0.115 e. The maximum atomic E-state index is 11.0. The van der Waals surface area contributed by atoms with Crippen molar-refractivity contribution in [2.24, 2.45) is 5.92 Å². The van der Waals surface area contributed by atoms with E-state index < -0.39 is 5.60 Å². The molecule has 2 aromatic rings. The lowest BCUT2D eigenvalue weighted by Crippen LogP contribution is -2.47. The first-order valence-corrected chi connectivity index (χ1v) is 9.80. The first kappa shape index (κ1) is 20.2. The molecule has 1 aliphatic heterocycles. The van der Waals surface area contributed by atoms with Crippen molar-refractivity contribution >= 4 is 12.4 Å². The highest BCUT2D eigenvalue weighted by molar-refractivity contribution is 5.85. The van der Waals surface area contributed by atoms with Gasteiger partial charge in [0.1, 0.15) is 5.75 Å². The van der Waals surface area contributed by atoms with Crippen molar-refractivity contribution in [3.05, 3.63) is 64.7 Å². The van der Waals surface area contributed by atoms with E-state index in [-0.39, 0.29) is 12.4 Å². The molecule has 2 N–H and O–H groups in total. The second-order valence-corrected chi connectivity index (χ2v) is 8.41. The van der Waals surface area contributed by atoms with Gasteiger partial charge >= 0.3 is 0 Å². The lowest BCUT2D eigenvalue weighted by Gasteiger charge is -2.39. The standard InChI is InChI=1S/C23H29NO2.ClH/c1-17-2-4-18(5-3-17)15-23(26)8-10-24(11-9-23)16-19-12-20-6-7-22(25)14-21(20)13-19;/h2-7,14,19,25-26H,8-13,15-16H2,1H3;1H. The molecule has 3 nitrogen and oxygen atoms in total. The van der Waals surface area contributed by atoms with E-state index in [0.29, 0.717) is 11.7 Å². The fourth-order valence-corrected chi connectivity index (χ4v) is 4.60. The van der Waals surface area contributed by atoms with Crippen molar-refractivity contribution < 1.29 is 10.2 Å². The number of benzene rings is 2. The van der Waals surface area contributed by atoms with Crippen molar-refractivity contribution in [1.82, 2.24) is 4.90 Å². The molecule has 1 unspecified atom stereocenters. The van der Waals surface area contributed by atoms with Gasteiger partial charge in [-0.15, -0.1) is 12.4 Å². The number of nitrogens with zero attached hydrogens (tertiary/aromatic N) is 1. The van der Waals surface area contributed by atoms with Gasteiger partial charge in [-0.25, -0.2) is 0 Å². The van der Waals surface area contributed by atoms with E-state index in [1.54, 1.807) is 6.07 Å². The van der Waals surface area contributed by atoms with Crippen molar-refractivity contribution in [3.8, 4) is 5.75 Å². The van der Waals surface area contributed by atoms with Crippen LogP contribution in [0.15, 0.2) is 42.5 Å². The summed E-state index contributed by atoms with van der Waals surface area (Å²) in [5, 5.41) is 20.7. The van der Waals surface area contributed by atoms with Gasteiger partial charge in [-0.1, -0.05) is 35.9 Å². The number of rotatable bonds is 4. The smallest absolute Gasteiger partial charge is 0.115 e. The van der Waals surface area contributed by atoms with Crippen LogP contribution < -0.4 is 0 Å². The molecule has 0 saturated carbocycles. The summed E-state index contributed by atoms with van der Waals surface area (Å²) in [6.07, 6.45) is 4.63. The van der Waals surface area contributed by atoms with Crippen LogP contribution in [0.5, 0.6) is 5.75 Å². The molecule has 0 spiro atoms. The molecule has 27 heavy (non-hydrogen) atoms. The van der Waals surface area contributed by atoms with Gasteiger partial charge in [-0.05, 0) is 67.3 Å². The molecule has 2 aliphatic rings. The molecule has 4 rings (SSSR count). The monoisotopic (exact) mass is 387 g/mol. The van der Waals surface area contributed by atoms with Gasteiger partial charge in [0.25, 0.3) is 0 Å². The fraction of sp³-hybridized carbons (Fsp3) is 0.478. The molecule has 0 bridgehead atoms. The number of aryl methyl sites for hydroxylation is 1. The molecular formula is C23H30ClNO2. The van der Waals surface area contributed by atoms with Crippen molar-refractivity contribution in [2.75, 3.05) is 19.6 Å². The summed E-state index contributed by atoms with van der Waals surface area (Å²) in [6.45, 7) is 5.14. The van der Waals surface area contributed by atoms with Gasteiger partial charge in [0.05, 0.1) is 5.60 Å². The lowest BCUT2D eigenvalue weighted by molar-refractivity contribution is -0.0233. The molecular weight excluding hydrogens is 358 g/mol. The predicted molar refractivity (Wildman–Crippen MR) is 112 cm³/mol. The van der Waals surface area contributed by atoms with Crippen molar-refractivity contribution in [1.29, 1.82) is 0 Å². The highest BCUT2D eigenvalue weighted by atomic mass is 35.5. The van der Waals surface area contributed by atoms with E-state index in [1.165, 1.54) is 22.3 Å². The van der Waals surface area contributed by atoms with Crippen LogP contribution in [0.25, 0.3) is 0 Å². The van der Waals surface area contributed by atoms with Crippen LogP contribution >= 0.6 is 12.4 Å². The average Bonchev–Trinajstić information content (AvgIpc) is 3.01. The van der Waals surface area contributed by atoms with E-state index in [2.05, 4.69) is 42.2 Å². The Morgan fingerprint density at radius 2 is 1.67 bits per heavy atom. The average molecular weight is 388 g/mol. The normalized spacial score (nSPS) is 21.5. The molecule has 0 radical (unpaired) electrons. The van der Waals surface area contributed by atoms with E-state index in [0.717, 1.165) is 51.7 Å². The number of piperidine rings is 1. The Morgan fingerprint density at radius 1 is 1.00 bits per heavy atom. The number of likely N-dealkylation sites (tertiary alicyclic amines) is 1. The second-order valence-electron chi connectivity index (χ2n) is 8.41. The van der Waals surface area contributed by atoms with E-state index in [4.69, 9.17) is 0 Å². The second kappa shape index (κ2) is 8.22. The van der Waals surface area contributed by atoms with Crippen molar-refractivity contribution in [2.45, 2.75) is 44.6 Å². The van der Waals surface area contributed by atoms with Gasteiger partial charge < -0.3 is 15.1 Å². The number of phenolic OH excluding ortho intramolecular Hbond substituents is 1. The predicted octanol–water partition coefficient (Wildman–Crippen LogP) is 3.91. The summed E-state index contributed by atoms with van der Waals surface area (Å²) >= 11 is 0. The van der Waals surface area contributed by atoms with Crippen LogP contribution in [-0.4, -0.2) is 40.3 Å². The van der Waals surface area contributed by atoms with Crippen LogP contribution in [0.2, 0.25) is 0 Å². The Labute approximate surface area is 168 Å². The molecule has 146 valence electrons. The molecule has 1 saturated heterocycles. The van der Waals surface area contributed by atoms with E-state index in [1.807, 2.05) is 6.07 Å². The largest absolute Gasteiger partial charge is 0.508 e. The third kappa shape index (κ3) is 4.84. The quantitative estimate of drug-likeness (QED) is 0.836. The Bertz CT molecular complexity index is 766. The fourth-order valence-electron chi connectivity index (χ4n) is 4.60. The lowest BCUT2D eigenvalue weighted by atomic mass is 9.85. The third-order valence-electron chi connectivity index (χ3n) is 6.16. The minimum Gasteiger partial charge on any atom is -0.508 e. The summed E-state index contributed by atoms with van der Waals surface area (Å²) < 4.78 is 0. The Hall–Kier alpha value is -1.55. The number of aliphatic hydroxyl groups is 1. The minimum absolute atomic E-state index is 0. The maximum absolute atomic E-state index is 11.0. The highest BCUT2D eigenvalue weighted by Gasteiger charge is 2.33. The summed E-state index contributed by atoms with van der Waals surface area (Å²) in [7, 11) is 0. The first-order chi connectivity index (χ1) is 12.5. The number of aromatic hydroxyl groups is 1. The summed E-state index contributed by atoms with van der Waals surface area (Å²) in [6, 6.07) is 14.3. The third-order valence-corrected chi connectivity index (χ3v) is 6.16. The zero-order valence-electron chi connectivity index (χ0n) is 16.0. The SMILES string of the molecule is Cc1ccc(CC2(O)CCN(CC3Cc4ccc(O)cc4C3)CC2)cc1.Cl. The van der Waals surface area contributed by atoms with Gasteiger partial charge in [0, 0.05) is 26.1 Å². The number of hydrogen-bond acceptors (Lipinski definition) is 3. The summed E-state index contributed by atoms with van der Waals surface area (Å²) in [5.41, 5.74) is 4.64. The van der Waals surface area contributed by atoms with E-state index >= 15 is 0 Å². The molecule has 0 aromatic heterocycles. The van der Waals surface area contributed by atoms with Crippen LogP contribution in [0.1, 0.15) is 35.1 Å². The van der Waals surface area contributed by atoms with E-state index in [9.17, 15) is 10.2 Å². The van der Waals surface area contributed by atoms with Crippen LogP contribution in [0, 0.1) is 12.8 Å². The molecule has 2 aromatic carbocycles. The van der Waals surface area contributed by atoms with Gasteiger partial charge in [-0.3, -0.25) is 0 Å². The molecule has 1 aliphatic carbocycles. The number of phenols is 1. The first-order valence-electron chi connectivity index (χ1n) is 9.80. The van der Waals surface area contributed by atoms with Crippen LogP contribution in [-0.2, 0) is 19.3 Å². The van der Waals surface area contributed by atoms with Crippen LogP contribution in [0.3, 0.4) is 0 Å². The molecule has 1 heterocycles. The van der Waals surface area contributed by atoms with Crippen LogP contribution in [0.4, 0.5) is 0 Å². The highest BCUT2D eigenvalue weighted by Crippen LogP contribution is 2.32.